The van der Waals surface area contributed by atoms with Crippen LogP contribution in [0.4, 0.5) is 13.6 Å². The molecule has 0 radical (unpaired) electrons. The van der Waals surface area contributed by atoms with Gasteiger partial charge >= 0.3 is 12.6 Å². The number of imide groups is 1. The Morgan fingerprint density at radius 2 is 1.77 bits per heavy atom. The minimum absolute atomic E-state index is 0.0191. The fourth-order valence-corrected chi connectivity index (χ4v) is 5.56. The number of carbonyl (C=O) groups is 3. The Labute approximate surface area is 202 Å². The lowest BCUT2D eigenvalue weighted by Gasteiger charge is -2.52. The molecule has 1 aliphatic carbocycles. The lowest BCUT2D eigenvalue weighted by atomic mass is 9.78. The second kappa shape index (κ2) is 10.8. The molecule has 3 aliphatic rings. The van der Waals surface area contributed by atoms with Crippen molar-refractivity contribution in [1.29, 1.82) is 0 Å². The van der Waals surface area contributed by atoms with Gasteiger partial charge in [0.15, 0.2) is 11.5 Å². The molecule has 2 aliphatic heterocycles. The van der Waals surface area contributed by atoms with E-state index in [4.69, 9.17) is 14.2 Å². The van der Waals surface area contributed by atoms with E-state index >= 15 is 0 Å². The van der Waals surface area contributed by atoms with Gasteiger partial charge in [-0.3, -0.25) is 14.5 Å². The Morgan fingerprint density at radius 3 is 2.40 bits per heavy atom. The van der Waals surface area contributed by atoms with Crippen LogP contribution in [0.5, 0.6) is 11.5 Å². The molecule has 2 saturated heterocycles. The van der Waals surface area contributed by atoms with Crippen LogP contribution in [0.3, 0.4) is 0 Å². The molecule has 0 aromatic heterocycles. The Hall–Kier alpha value is -2.95. The number of urea groups is 1. The zero-order valence-corrected chi connectivity index (χ0v) is 19.9. The highest BCUT2D eigenvalue weighted by Gasteiger charge is 2.51. The summed E-state index contributed by atoms with van der Waals surface area (Å²) in [6.07, 6.45) is 2.16. The van der Waals surface area contributed by atoms with Crippen LogP contribution in [0.2, 0.25) is 0 Å². The predicted octanol–water partition coefficient (Wildman–Crippen LogP) is 2.87. The molecule has 0 spiro atoms. The molecule has 192 valence electrons. The van der Waals surface area contributed by atoms with Crippen LogP contribution in [-0.2, 0) is 20.9 Å². The number of piperidine rings is 1. The number of hydrogen-bond acceptors (Lipinski definition) is 6. The molecule has 3 fully saturated rings. The largest absolute Gasteiger partial charge is 0.493 e. The lowest BCUT2D eigenvalue weighted by molar-refractivity contribution is -0.183. The Bertz CT molecular complexity index is 940. The molecule has 1 aromatic rings. The number of amides is 4. The van der Waals surface area contributed by atoms with E-state index in [1.807, 2.05) is 0 Å². The molecule has 3 unspecified atom stereocenters. The Balaban J connectivity index is 1.61. The van der Waals surface area contributed by atoms with Crippen LogP contribution in [0.25, 0.3) is 0 Å². The second-order valence-electron chi connectivity index (χ2n) is 9.18. The monoisotopic (exact) mass is 495 g/mol. The van der Waals surface area contributed by atoms with Crippen LogP contribution in [0.1, 0.15) is 37.7 Å². The maximum atomic E-state index is 13.7. The molecular weight excluding hydrogens is 464 g/mol. The molecule has 4 rings (SSSR count). The number of methoxy groups -OCH3 is 2. The van der Waals surface area contributed by atoms with Gasteiger partial charge < -0.3 is 24.0 Å². The molecule has 4 amide bonds. The lowest BCUT2D eigenvalue weighted by Crippen LogP contribution is -2.66. The first-order valence-corrected chi connectivity index (χ1v) is 11.8. The average Bonchev–Trinajstić information content (AvgIpc) is 2.86. The van der Waals surface area contributed by atoms with Crippen LogP contribution in [0.15, 0.2) is 18.2 Å². The fourth-order valence-electron chi connectivity index (χ4n) is 5.56. The van der Waals surface area contributed by atoms with Crippen molar-refractivity contribution in [1.82, 2.24) is 14.7 Å². The van der Waals surface area contributed by atoms with Crippen molar-refractivity contribution in [2.45, 2.75) is 63.4 Å². The molecule has 1 aromatic carbocycles. The number of benzene rings is 1. The quantitative estimate of drug-likeness (QED) is 0.516. The number of carbonyl (C=O) groups excluding carboxylic acids is 3. The summed E-state index contributed by atoms with van der Waals surface area (Å²) >= 11 is 0. The number of likely N-dealkylation sites (tertiary alicyclic amines) is 1. The molecule has 35 heavy (non-hydrogen) atoms. The van der Waals surface area contributed by atoms with Gasteiger partial charge in [0.1, 0.15) is 0 Å². The molecule has 3 atom stereocenters. The van der Waals surface area contributed by atoms with E-state index < -0.39 is 18.6 Å². The molecule has 0 bridgehead atoms. The minimum atomic E-state index is -2.91. The zero-order chi connectivity index (χ0) is 25.1. The van der Waals surface area contributed by atoms with Crippen molar-refractivity contribution in [3.63, 3.8) is 0 Å². The van der Waals surface area contributed by atoms with Crippen molar-refractivity contribution in [3.8, 4) is 11.5 Å². The molecule has 2 heterocycles. The number of nitrogens with zero attached hydrogens (tertiary/aromatic N) is 3. The first-order chi connectivity index (χ1) is 16.9. The number of rotatable bonds is 8. The van der Waals surface area contributed by atoms with Crippen molar-refractivity contribution in [2.75, 3.05) is 27.3 Å². The first-order valence-electron chi connectivity index (χ1n) is 11.8. The van der Waals surface area contributed by atoms with Crippen LogP contribution < -0.4 is 9.47 Å². The second-order valence-corrected chi connectivity index (χ2v) is 9.18. The fraction of sp³-hybridized carbons (Fsp3) is 0.625. The first kappa shape index (κ1) is 25.2. The molecule has 9 nitrogen and oxygen atoms in total. The highest BCUT2D eigenvalue weighted by Crippen LogP contribution is 2.39. The van der Waals surface area contributed by atoms with Gasteiger partial charge in [0.2, 0.25) is 12.3 Å². The van der Waals surface area contributed by atoms with Gasteiger partial charge in [-0.2, -0.15) is 8.78 Å². The van der Waals surface area contributed by atoms with Gasteiger partial charge in [0.05, 0.1) is 32.8 Å². The third-order valence-corrected chi connectivity index (χ3v) is 7.28. The predicted molar refractivity (Wildman–Crippen MR) is 120 cm³/mol. The summed E-state index contributed by atoms with van der Waals surface area (Å²) in [5.74, 6) is -0.00948. The zero-order valence-electron chi connectivity index (χ0n) is 19.9. The summed E-state index contributed by atoms with van der Waals surface area (Å²) in [7, 11) is 3.02. The highest BCUT2D eigenvalue weighted by atomic mass is 19.3. The highest BCUT2D eigenvalue weighted by molar-refractivity contribution is 5.99. The maximum absolute atomic E-state index is 13.7. The topological polar surface area (TPSA) is 88.6 Å². The van der Waals surface area contributed by atoms with Crippen LogP contribution in [0, 0.1) is 5.92 Å². The molecular formula is C24H31F2N3O6. The Kier molecular flexibility index (Phi) is 7.73. The van der Waals surface area contributed by atoms with Crippen molar-refractivity contribution < 1.29 is 37.4 Å². The summed E-state index contributed by atoms with van der Waals surface area (Å²) < 4.78 is 41.2. The molecule has 0 N–H and O–H groups in total. The van der Waals surface area contributed by atoms with Gasteiger partial charge in [-0.05, 0) is 49.8 Å². The van der Waals surface area contributed by atoms with Crippen molar-refractivity contribution >= 4 is 18.3 Å². The van der Waals surface area contributed by atoms with Gasteiger partial charge in [0, 0.05) is 25.2 Å². The van der Waals surface area contributed by atoms with Gasteiger partial charge in [-0.25, -0.2) is 4.79 Å². The molecule has 1 saturated carbocycles. The Morgan fingerprint density at radius 1 is 1.06 bits per heavy atom. The summed E-state index contributed by atoms with van der Waals surface area (Å²) in [4.78, 5) is 43.1. The van der Waals surface area contributed by atoms with E-state index in [9.17, 15) is 23.2 Å². The smallest absolute Gasteiger partial charge is 0.345 e. The third kappa shape index (κ3) is 5.19. The van der Waals surface area contributed by atoms with Gasteiger partial charge in [-0.15, -0.1) is 0 Å². The van der Waals surface area contributed by atoms with E-state index in [0.717, 1.165) is 6.41 Å². The normalized spacial score (nSPS) is 25.6. The number of halogens is 2. The third-order valence-electron chi connectivity index (χ3n) is 7.28. The van der Waals surface area contributed by atoms with Gasteiger partial charge in [0.25, 0.3) is 0 Å². The average molecular weight is 496 g/mol. The van der Waals surface area contributed by atoms with E-state index in [1.165, 1.54) is 19.1 Å². The SMILES string of the molecule is COc1ccc(CN2C(=O)C3CC(OC(F)F)CCC3N(C3CCN(C=O)CC3)C2=O)cc1OC. The van der Waals surface area contributed by atoms with E-state index in [2.05, 4.69) is 0 Å². The summed E-state index contributed by atoms with van der Waals surface area (Å²) in [5, 5.41) is 0. The number of fused-ring (bicyclic) bond motifs is 1. The van der Waals surface area contributed by atoms with Crippen molar-refractivity contribution in [2.24, 2.45) is 5.92 Å². The summed E-state index contributed by atoms with van der Waals surface area (Å²) in [6.45, 7) is -1.85. The molecule has 11 heteroatoms. The van der Waals surface area contributed by atoms with Crippen LogP contribution >= 0.6 is 0 Å². The van der Waals surface area contributed by atoms with E-state index in [1.54, 1.807) is 28.0 Å². The number of ether oxygens (including phenoxy) is 3. The van der Waals surface area contributed by atoms with Gasteiger partial charge in [-0.1, -0.05) is 6.07 Å². The number of hydrogen-bond donors (Lipinski definition) is 0. The number of alkyl halides is 2. The van der Waals surface area contributed by atoms with E-state index in [0.29, 0.717) is 55.8 Å². The van der Waals surface area contributed by atoms with Crippen LogP contribution in [-0.4, -0.2) is 85.2 Å². The maximum Gasteiger partial charge on any atom is 0.345 e. The standard InChI is InChI=1S/C24H31F2N3O6/c1-33-20-6-3-15(11-21(20)34-2)13-28-22(31)18-12-17(35-23(25)26)4-5-19(18)29(24(28)32)16-7-9-27(14-30)10-8-16/h3,6,11,14,16-19,23H,4-5,7-10,12-13H2,1-2H3. The van der Waals surface area contributed by atoms with E-state index in [-0.39, 0.29) is 37.0 Å². The summed E-state index contributed by atoms with van der Waals surface area (Å²) in [5.41, 5.74) is 0.676. The van der Waals surface area contributed by atoms with Crippen molar-refractivity contribution in [3.05, 3.63) is 23.8 Å². The summed E-state index contributed by atoms with van der Waals surface area (Å²) in [6, 6.07) is 4.27. The minimum Gasteiger partial charge on any atom is -0.493 e.